The zero-order valence-corrected chi connectivity index (χ0v) is 8.95. The minimum atomic E-state index is -0.131. The number of aromatic nitrogens is 1. The van der Waals surface area contributed by atoms with E-state index in [-0.39, 0.29) is 18.6 Å². The molecule has 5 heteroatoms. The fourth-order valence-corrected chi connectivity index (χ4v) is 1.68. The maximum atomic E-state index is 11.1. The monoisotopic (exact) mass is 256 g/mol. The number of carbonyl (C=O) groups excluding carboxylic acids is 1. The van der Waals surface area contributed by atoms with Gasteiger partial charge < -0.3 is 10.1 Å². The molecule has 1 saturated heterocycles. The van der Waals surface area contributed by atoms with Crippen LogP contribution in [0.4, 0.5) is 0 Å². The van der Waals surface area contributed by atoms with E-state index in [1.165, 1.54) is 0 Å². The number of carbonyl (C=O) groups is 1. The third-order valence-corrected chi connectivity index (χ3v) is 2.39. The molecule has 4 nitrogen and oxygen atoms in total. The first kappa shape index (κ1) is 9.61. The highest BCUT2D eigenvalue weighted by Gasteiger charge is 2.21. The van der Waals surface area contributed by atoms with E-state index in [1.54, 1.807) is 0 Å². The first-order valence-electron chi connectivity index (χ1n) is 4.25. The molecule has 1 N–H and O–H groups in total. The molecule has 2 rings (SSSR count). The van der Waals surface area contributed by atoms with E-state index < -0.39 is 0 Å². The SMILES string of the molecule is O=C1COCC(c2cccc(Br)n2)N1. The Morgan fingerprint density at radius 3 is 3.14 bits per heavy atom. The molecule has 14 heavy (non-hydrogen) atoms. The van der Waals surface area contributed by atoms with Gasteiger partial charge in [-0.25, -0.2) is 4.98 Å². The Morgan fingerprint density at radius 2 is 2.43 bits per heavy atom. The molecule has 1 atom stereocenters. The van der Waals surface area contributed by atoms with Crippen LogP contribution in [0.3, 0.4) is 0 Å². The lowest BCUT2D eigenvalue weighted by Gasteiger charge is -2.22. The number of amides is 1. The molecule has 1 aromatic rings. The van der Waals surface area contributed by atoms with Gasteiger partial charge in [-0.1, -0.05) is 6.07 Å². The van der Waals surface area contributed by atoms with Gasteiger partial charge in [-0.05, 0) is 28.1 Å². The number of rotatable bonds is 1. The number of hydrogen-bond donors (Lipinski definition) is 1. The topological polar surface area (TPSA) is 51.2 Å². The lowest BCUT2D eigenvalue weighted by molar-refractivity contribution is -0.131. The van der Waals surface area contributed by atoms with Crippen molar-refractivity contribution in [1.82, 2.24) is 10.3 Å². The van der Waals surface area contributed by atoms with Crippen molar-refractivity contribution in [2.24, 2.45) is 0 Å². The molecule has 1 aromatic heterocycles. The van der Waals surface area contributed by atoms with Crippen LogP contribution in [-0.2, 0) is 9.53 Å². The summed E-state index contributed by atoms with van der Waals surface area (Å²) >= 11 is 3.28. The molecule has 1 aliphatic rings. The van der Waals surface area contributed by atoms with Gasteiger partial charge in [-0.2, -0.15) is 0 Å². The van der Waals surface area contributed by atoms with E-state index in [4.69, 9.17) is 4.74 Å². The molecule has 1 unspecified atom stereocenters. The van der Waals surface area contributed by atoms with E-state index in [2.05, 4.69) is 26.2 Å². The number of nitrogens with zero attached hydrogens (tertiary/aromatic N) is 1. The van der Waals surface area contributed by atoms with E-state index in [0.29, 0.717) is 6.61 Å². The van der Waals surface area contributed by atoms with Crippen LogP contribution in [0.2, 0.25) is 0 Å². The number of pyridine rings is 1. The fraction of sp³-hybridized carbons (Fsp3) is 0.333. The summed E-state index contributed by atoms with van der Waals surface area (Å²) in [7, 11) is 0. The summed E-state index contributed by atoms with van der Waals surface area (Å²) in [6.07, 6.45) is 0. The fourth-order valence-electron chi connectivity index (χ4n) is 1.32. The second-order valence-electron chi connectivity index (χ2n) is 3.02. The Hall–Kier alpha value is -0.940. The molecule has 1 fully saturated rings. The van der Waals surface area contributed by atoms with E-state index in [1.807, 2.05) is 18.2 Å². The first-order chi connectivity index (χ1) is 6.75. The zero-order chi connectivity index (χ0) is 9.97. The maximum absolute atomic E-state index is 11.1. The van der Waals surface area contributed by atoms with Crippen LogP contribution >= 0.6 is 15.9 Å². The molecule has 0 bridgehead atoms. The van der Waals surface area contributed by atoms with Gasteiger partial charge in [0.25, 0.3) is 0 Å². The summed E-state index contributed by atoms with van der Waals surface area (Å²) in [6.45, 7) is 0.625. The highest BCUT2D eigenvalue weighted by Crippen LogP contribution is 2.16. The molecule has 0 saturated carbocycles. The lowest BCUT2D eigenvalue weighted by Crippen LogP contribution is -2.40. The van der Waals surface area contributed by atoms with Crippen molar-refractivity contribution in [3.05, 3.63) is 28.5 Å². The third-order valence-electron chi connectivity index (χ3n) is 1.95. The molecule has 2 heterocycles. The van der Waals surface area contributed by atoms with Crippen LogP contribution in [-0.4, -0.2) is 24.1 Å². The Bertz CT molecular complexity index is 356. The Labute approximate surface area is 89.8 Å². The number of halogens is 1. The molecule has 74 valence electrons. The molecular weight excluding hydrogens is 248 g/mol. The summed E-state index contributed by atoms with van der Waals surface area (Å²) in [5, 5.41) is 2.81. The van der Waals surface area contributed by atoms with E-state index in [0.717, 1.165) is 10.3 Å². The predicted molar refractivity (Wildman–Crippen MR) is 53.6 cm³/mol. The number of ether oxygens (including phenoxy) is 1. The number of hydrogen-bond acceptors (Lipinski definition) is 3. The molecule has 0 aromatic carbocycles. The minimum Gasteiger partial charge on any atom is -0.369 e. The van der Waals surface area contributed by atoms with Crippen molar-refractivity contribution in [1.29, 1.82) is 0 Å². The van der Waals surface area contributed by atoms with Crippen LogP contribution in [0.25, 0.3) is 0 Å². The Kier molecular flexibility index (Phi) is 2.79. The average Bonchev–Trinajstić information content (AvgIpc) is 2.18. The van der Waals surface area contributed by atoms with Crippen LogP contribution in [0.1, 0.15) is 11.7 Å². The first-order valence-corrected chi connectivity index (χ1v) is 5.04. The molecule has 0 aliphatic carbocycles. The largest absolute Gasteiger partial charge is 0.369 e. The van der Waals surface area contributed by atoms with E-state index >= 15 is 0 Å². The van der Waals surface area contributed by atoms with Crippen LogP contribution < -0.4 is 5.32 Å². The maximum Gasteiger partial charge on any atom is 0.246 e. The summed E-state index contributed by atoms with van der Waals surface area (Å²) in [5.74, 6) is -0.0944. The summed E-state index contributed by atoms with van der Waals surface area (Å²) in [4.78, 5) is 15.3. The number of nitrogens with one attached hydrogen (secondary N) is 1. The predicted octanol–water partition coefficient (Wildman–Crippen LogP) is 1.03. The van der Waals surface area contributed by atoms with Gasteiger partial charge in [0.2, 0.25) is 5.91 Å². The average molecular weight is 257 g/mol. The molecule has 1 aliphatic heterocycles. The normalized spacial score (nSPS) is 21.8. The summed E-state index contributed by atoms with van der Waals surface area (Å²) in [6, 6.07) is 5.46. The van der Waals surface area contributed by atoms with Crippen LogP contribution in [0.5, 0.6) is 0 Å². The minimum absolute atomic E-state index is 0.0944. The zero-order valence-electron chi connectivity index (χ0n) is 7.37. The molecule has 0 radical (unpaired) electrons. The van der Waals surface area contributed by atoms with Crippen molar-refractivity contribution in [2.45, 2.75) is 6.04 Å². The van der Waals surface area contributed by atoms with Gasteiger partial charge in [-0.3, -0.25) is 4.79 Å². The second-order valence-corrected chi connectivity index (χ2v) is 3.83. The lowest BCUT2D eigenvalue weighted by atomic mass is 10.2. The second kappa shape index (κ2) is 4.06. The van der Waals surface area contributed by atoms with E-state index in [9.17, 15) is 4.79 Å². The molecule has 1 amide bonds. The van der Waals surface area contributed by atoms with Gasteiger partial charge in [0.05, 0.1) is 18.3 Å². The van der Waals surface area contributed by atoms with Crippen LogP contribution in [0, 0.1) is 0 Å². The van der Waals surface area contributed by atoms with Crippen molar-refractivity contribution in [3.63, 3.8) is 0 Å². The highest BCUT2D eigenvalue weighted by molar-refractivity contribution is 9.10. The van der Waals surface area contributed by atoms with Crippen molar-refractivity contribution in [3.8, 4) is 0 Å². The summed E-state index contributed by atoms with van der Waals surface area (Å²) in [5.41, 5.74) is 0.812. The molecule has 0 spiro atoms. The van der Waals surface area contributed by atoms with Gasteiger partial charge in [0, 0.05) is 0 Å². The Morgan fingerprint density at radius 1 is 1.57 bits per heavy atom. The van der Waals surface area contributed by atoms with Crippen molar-refractivity contribution in [2.75, 3.05) is 13.2 Å². The number of morpholine rings is 1. The van der Waals surface area contributed by atoms with Gasteiger partial charge in [0.15, 0.2) is 0 Å². The highest BCUT2D eigenvalue weighted by atomic mass is 79.9. The third kappa shape index (κ3) is 2.10. The van der Waals surface area contributed by atoms with Crippen molar-refractivity contribution >= 4 is 21.8 Å². The quantitative estimate of drug-likeness (QED) is 0.764. The Balaban J connectivity index is 2.17. The van der Waals surface area contributed by atoms with Gasteiger partial charge in [0.1, 0.15) is 11.2 Å². The standard InChI is InChI=1S/C9H9BrN2O2/c10-8-3-1-2-6(11-8)7-4-14-5-9(13)12-7/h1-3,7H,4-5H2,(H,12,13). The van der Waals surface area contributed by atoms with Gasteiger partial charge in [-0.15, -0.1) is 0 Å². The van der Waals surface area contributed by atoms with Crippen molar-refractivity contribution < 1.29 is 9.53 Å². The summed E-state index contributed by atoms with van der Waals surface area (Å²) < 4.78 is 5.88. The van der Waals surface area contributed by atoms with Gasteiger partial charge >= 0.3 is 0 Å². The smallest absolute Gasteiger partial charge is 0.246 e. The molecular formula is C9H9BrN2O2. The van der Waals surface area contributed by atoms with Crippen LogP contribution in [0.15, 0.2) is 22.8 Å².